The third kappa shape index (κ3) is 25.0. The molecule has 0 aliphatic heterocycles. The molecule has 0 saturated heterocycles. The molecule has 5 heteroatoms. The van der Waals surface area contributed by atoms with E-state index < -0.39 is 0 Å². The van der Waals surface area contributed by atoms with Crippen molar-refractivity contribution >= 4 is 11.8 Å². The van der Waals surface area contributed by atoms with Gasteiger partial charge in [-0.15, -0.1) is 0 Å². The van der Waals surface area contributed by atoms with Gasteiger partial charge in [-0.3, -0.25) is 9.59 Å². The number of unbranched alkanes of at least 4 members (excludes halogenated alkanes) is 26. The Bertz CT molecular complexity index is 887. The summed E-state index contributed by atoms with van der Waals surface area (Å²) in [7, 11) is 0. The Balaban J connectivity index is 2.48. The Hall–Kier alpha value is -2.04. The van der Waals surface area contributed by atoms with Crippen molar-refractivity contribution in [2.24, 2.45) is 0 Å². The molecule has 0 spiro atoms. The molecule has 1 aromatic rings. The van der Waals surface area contributed by atoms with Crippen molar-refractivity contribution in [3.05, 3.63) is 29.3 Å². The van der Waals surface area contributed by atoms with Crippen LogP contribution in [0.4, 0.5) is 0 Å². The van der Waals surface area contributed by atoms with Crippen molar-refractivity contribution in [1.82, 2.24) is 10.6 Å². The number of benzene rings is 1. The predicted octanol–water partition coefficient (Wildman–Crippen LogP) is 12.9. The molecular formula is C43H78N2O3. The van der Waals surface area contributed by atoms with E-state index in [9.17, 15) is 9.59 Å². The molecule has 0 aliphatic rings. The molecule has 1 aromatic carbocycles. The molecule has 0 heterocycles. The number of hydrogen-bond donors (Lipinski definition) is 2. The van der Waals surface area contributed by atoms with E-state index in [0.717, 1.165) is 38.5 Å². The average molecular weight is 671 g/mol. The Morgan fingerprint density at radius 3 is 1.23 bits per heavy atom. The predicted molar refractivity (Wildman–Crippen MR) is 208 cm³/mol. The summed E-state index contributed by atoms with van der Waals surface area (Å²) in [6.07, 6.45) is 36.9. The molecule has 2 N–H and O–H groups in total. The van der Waals surface area contributed by atoms with E-state index in [-0.39, 0.29) is 11.8 Å². The SMILES string of the molecule is CCCCCCCCCCCCCCCOc1cc(C(=O)NCCCCCCCCCC)ccc1C(=O)NCCCCCCCCCC. The average Bonchev–Trinajstić information content (AvgIpc) is 3.10. The minimum absolute atomic E-state index is 0.0883. The van der Waals surface area contributed by atoms with Crippen molar-refractivity contribution in [3.63, 3.8) is 0 Å². The molecule has 0 aliphatic carbocycles. The Kier molecular flexibility index (Phi) is 30.7. The lowest BCUT2D eigenvalue weighted by molar-refractivity contribution is 0.0937. The molecular weight excluding hydrogens is 592 g/mol. The third-order valence-corrected chi connectivity index (χ3v) is 9.63. The second kappa shape index (κ2) is 33.5. The highest BCUT2D eigenvalue weighted by Crippen LogP contribution is 2.22. The highest BCUT2D eigenvalue weighted by molar-refractivity contribution is 6.00. The second-order valence-corrected chi connectivity index (χ2v) is 14.3. The number of nitrogens with one attached hydrogen (secondary N) is 2. The van der Waals surface area contributed by atoms with Crippen LogP contribution in [0, 0.1) is 0 Å². The third-order valence-electron chi connectivity index (χ3n) is 9.63. The number of ether oxygens (including phenoxy) is 1. The first-order valence-electron chi connectivity index (χ1n) is 21.0. The topological polar surface area (TPSA) is 67.4 Å². The van der Waals surface area contributed by atoms with Crippen LogP contribution in [0.15, 0.2) is 18.2 Å². The normalized spacial score (nSPS) is 11.1. The number of carbonyl (C=O) groups excluding carboxylic acids is 2. The van der Waals surface area contributed by atoms with Gasteiger partial charge in [0.05, 0.1) is 12.2 Å². The quantitative estimate of drug-likeness (QED) is 0.0706. The number of amides is 2. The van der Waals surface area contributed by atoms with Gasteiger partial charge < -0.3 is 15.4 Å². The molecule has 0 unspecified atom stereocenters. The molecule has 0 bridgehead atoms. The molecule has 0 fully saturated rings. The summed E-state index contributed by atoms with van der Waals surface area (Å²) in [4.78, 5) is 26.1. The highest BCUT2D eigenvalue weighted by atomic mass is 16.5. The van der Waals surface area contributed by atoms with Gasteiger partial charge in [-0.05, 0) is 37.5 Å². The maximum absolute atomic E-state index is 13.2. The van der Waals surface area contributed by atoms with Crippen LogP contribution in [-0.2, 0) is 0 Å². The van der Waals surface area contributed by atoms with Gasteiger partial charge in [0.1, 0.15) is 5.75 Å². The monoisotopic (exact) mass is 671 g/mol. The lowest BCUT2D eigenvalue weighted by atomic mass is 10.0. The smallest absolute Gasteiger partial charge is 0.255 e. The minimum Gasteiger partial charge on any atom is -0.493 e. The van der Waals surface area contributed by atoms with Crippen LogP contribution in [-0.4, -0.2) is 31.5 Å². The van der Waals surface area contributed by atoms with E-state index in [2.05, 4.69) is 31.4 Å². The summed E-state index contributed by atoms with van der Waals surface area (Å²) in [6.45, 7) is 8.70. The van der Waals surface area contributed by atoms with Gasteiger partial charge in [-0.25, -0.2) is 0 Å². The molecule has 0 radical (unpaired) electrons. The van der Waals surface area contributed by atoms with E-state index >= 15 is 0 Å². The molecule has 48 heavy (non-hydrogen) atoms. The van der Waals surface area contributed by atoms with Crippen molar-refractivity contribution in [3.8, 4) is 5.75 Å². The number of carbonyl (C=O) groups is 2. The van der Waals surface area contributed by atoms with Crippen LogP contribution in [0.3, 0.4) is 0 Å². The van der Waals surface area contributed by atoms with Crippen LogP contribution < -0.4 is 15.4 Å². The Morgan fingerprint density at radius 1 is 0.458 bits per heavy atom. The minimum atomic E-state index is -0.107. The zero-order valence-corrected chi connectivity index (χ0v) is 32.1. The number of rotatable bonds is 35. The fraction of sp³-hybridized carbons (Fsp3) is 0.814. The summed E-state index contributed by atoms with van der Waals surface area (Å²) in [5.41, 5.74) is 1.10. The fourth-order valence-corrected chi connectivity index (χ4v) is 6.39. The van der Waals surface area contributed by atoms with Gasteiger partial charge in [0.15, 0.2) is 0 Å². The molecule has 0 saturated carbocycles. The maximum atomic E-state index is 13.2. The lowest BCUT2D eigenvalue weighted by Crippen LogP contribution is -2.26. The Morgan fingerprint density at radius 2 is 0.812 bits per heavy atom. The van der Waals surface area contributed by atoms with E-state index in [1.807, 2.05) is 0 Å². The van der Waals surface area contributed by atoms with Crippen molar-refractivity contribution in [2.75, 3.05) is 19.7 Å². The molecule has 278 valence electrons. The summed E-state index contributed by atoms with van der Waals surface area (Å²) in [5, 5.41) is 6.18. The van der Waals surface area contributed by atoms with Gasteiger partial charge in [0.25, 0.3) is 11.8 Å². The molecule has 0 aromatic heterocycles. The largest absolute Gasteiger partial charge is 0.493 e. The van der Waals surface area contributed by atoms with Crippen LogP contribution >= 0.6 is 0 Å². The van der Waals surface area contributed by atoms with E-state index in [1.165, 1.54) is 148 Å². The fourth-order valence-electron chi connectivity index (χ4n) is 6.39. The molecule has 1 rings (SSSR count). The van der Waals surface area contributed by atoms with Crippen molar-refractivity contribution in [1.29, 1.82) is 0 Å². The van der Waals surface area contributed by atoms with Crippen LogP contribution in [0.2, 0.25) is 0 Å². The first kappa shape index (κ1) is 44.0. The van der Waals surface area contributed by atoms with Gasteiger partial charge >= 0.3 is 0 Å². The van der Waals surface area contributed by atoms with E-state index in [1.54, 1.807) is 18.2 Å². The van der Waals surface area contributed by atoms with Gasteiger partial charge in [0, 0.05) is 18.7 Å². The van der Waals surface area contributed by atoms with Crippen molar-refractivity contribution < 1.29 is 14.3 Å². The van der Waals surface area contributed by atoms with Gasteiger partial charge in [-0.2, -0.15) is 0 Å². The first-order chi connectivity index (χ1) is 23.6. The standard InChI is InChI=1S/C43H78N2O3/c1-4-7-10-13-16-19-20-21-22-23-26-29-32-37-48-41-38-39(42(46)44-35-30-27-24-17-14-11-8-5-2)33-34-40(41)43(47)45-36-31-28-25-18-15-12-9-6-3/h33-34,38H,4-32,35-37H2,1-3H3,(H,44,46)(H,45,47). The lowest BCUT2D eigenvalue weighted by Gasteiger charge is -2.14. The summed E-state index contributed by atoms with van der Waals surface area (Å²) < 4.78 is 6.20. The summed E-state index contributed by atoms with van der Waals surface area (Å²) in [5.74, 6) is 0.334. The van der Waals surface area contributed by atoms with Crippen LogP contribution in [0.5, 0.6) is 5.75 Å². The van der Waals surface area contributed by atoms with Gasteiger partial charge in [0.2, 0.25) is 0 Å². The van der Waals surface area contributed by atoms with Crippen molar-refractivity contribution in [2.45, 2.75) is 207 Å². The zero-order valence-electron chi connectivity index (χ0n) is 32.1. The van der Waals surface area contributed by atoms with Crippen LogP contribution in [0.1, 0.15) is 228 Å². The summed E-state index contributed by atoms with van der Waals surface area (Å²) in [6, 6.07) is 5.32. The maximum Gasteiger partial charge on any atom is 0.255 e. The van der Waals surface area contributed by atoms with E-state index in [4.69, 9.17) is 4.74 Å². The number of hydrogen-bond acceptors (Lipinski definition) is 3. The molecule has 2 amide bonds. The van der Waals surface area contributed by atoms with Crippen LogP contribution in [0.25, 0.3) is 0 Å². The molecule has 5 nitrogen and oxygen atoms in total. The summed E-state index contributed by atoms with van der Waals surface area (Å²) >= 11 is 0. The molecule has 0 atom stereocenters. The van der Waals surface area contributed by atoms with E-state index in [0.29, 0.717) is 36.6 Å². The second-order valence-electron chi connectivity index (χ2n) is 14.3. The Labute approximate surface area is 297 Å². The first-order valence-corrected chi connectivity index (χ1v) is 21.0. The highest BCUT2D eigenvalue weighted by Gasteiger charge is 2.16. The van der Waals surface area contributed by atoms with Gasteiger partial charge in [-0.1, -0.05) is 188 Å². The zero-order chi connectivity index (χ0) is 34.8.